The minimum atomic E-state index is -0.0276. The molecule has 1 aliphatic heterocycles. The maximum atomic E-state index is 12.8. The van der Waals surface area contributed by atoms with Crippen LogP contribution in [0, 0.1) is 0 Å². The maximum absolute atomic E-state index is 12.8. The van der Waals surface area contributed by atoms with Gasteiger partial charge in [-0.15, -0.1) is 0 Å². The number of nitrogens with zero attached hydrogens (tertiary/aromatic N) is 3. The molecule has 128 valence electrons. The van der Waals surface area contributed by atoms with Gasteiger partial charge in [0.25, 0.3) is 5.91 Å². The van der Waals surface area contributed by atoms with E-state index >= 15 is 0 Å². The largest absolute Gasteiger partial charge is 0.463 e. The van der Waals surface area contributed by atoms with E-state index in [1.165, 1.54) is 6.42 Å². The first-order valence-corrected chi connectivity index (χ1v) is 8.79. The molecule has 3 heterocycles. The Bertz CT molecular complexity index is 863. The molecule has 25 heavy (non-hydrogen) atoms. The number of hydrogen-bond donors (Lipinski definition) is 0. The second-order valence-corrected chi connectivity index (χ2v) is 6.57. The van der Waals surface area contributed by atoms with Crippen molar-refractivity contribution in [3.8, 4) is 17.1 Å². The Balaban J connectivity index is 1.75. The highest BCUT2D eigenvalue weighted by Crippen LogP contribution is 2.26. The number of carbonyl (C=O) groups excluding carboxylic acids is 1. The molecule has 6 heteroatoms. The van der Waals surface area contributed by atoms with Gasteiger partial charge >= 0.3 is 0 Å². The number of amides is 1. The number of benzene rings is 1. The second-order valence-electron chi connectivity index (χ2n) is 6.13. The molecular weight excluding hydrogens is 338 g/mol. The highest BCUT2D eigenvalue weighted by molar-refractivity contribution is 6.30. The number of likely N-dealkylation sites (tertiary alicyclic amines) is 1. The van der Waals surface area contributed by atoms with Crippen molar-refractivity contribution >= 4 is 17.5 Å². The highest BCUT2D eigenvalue weighted by Gasteiger charge is 2.23. The SMILES string of the molecule is O=C(c1cc(-c2ccco2)n(-c2ccc(Cl)cc2)n1)N1CCCCC1. The van der Waals surface area contributed by atoms with E-state index in [0.717, 1.165) is 37.3 Å². The molecule has 1 saturated heterocycles. The predicted molar refractivity (Wildman–Crippen MR) is 96.0 cm³/mol. The Morgan fingerprint density at radius 1 is 1.08 bits per heavy atom. The second kappa shape index (κ2) is 6.76. The summed E-state index contributed by atoms with van der Waals surface area (Å²) in [5.41, 5.74) is 2.00. The van der Waals surface area contributed by atoms with Crippen molar-refractivity contribution in [2.45, 2.75) is 19.3 Å². The first-order valence-electron chi connectivity index (χ1n) is 8.41. The molecule has 1 aliphatic rings. The molecule has 0 atom stereocenters. The topological polar surface area (TPSA) is 51.3 Å². The number of furan rings is 1. The molecule has 0 radical (unpaired) electrons. The molecule has 5 nitrogen and oxygen atoms in total. The van der Waals surface area contributed by atoms with Crippen LogP contribution < -0.4 is 0 Å². The van der Waals surface area contributed by atoms with Gasteiger partial charge < -0.3 is 9.32 Å². The Kier molecular flexibility index (Phi) is 4.32. The normalized spacial score (nSPS) is 14.7. The quantitative estimate of drug-likeness (QED) is 0.699. The third kappa shape index (κ3) is 3.20. The smallest absolute Gasteiger partial charge is 0.274 e. The summed E-state index contributed by atoms with van der Waals surface area (Å²) in [7, 11) is 0. The van der Waals surface area contributed by atoms with Crippen LogP contribution >= 0.6 is 11.6 Å². The van der Waals surface area contributed by atoms with E-state index in [4.69, 9.17) is 16.0 Å². The Hall–Kier alpha value is -2.53. The van der Waals surface area contributed by atoms with E-state index in [-0.39, 0.29) is 5.91 Å². The van der Waals surface area contributed by atoms with Crippen LogP contribution in [0.2, 0.25) is 5.02 Å². The van der Waals surface area contributed by atoms with Crippen molar-refractivity contribution in [2.75, 3.05) is 13.1 Å². The molecule has 4 rings (SSSR count). The van der Waals surface area contributed by atoms with Crippen molar-refractivity contribution in [3.05, 3.63) is 59.4 Å². The van der Waals surface area contributed by atoms with E-state index in [0.29, 0.717) is 16.5 Å². The predicted octanol–water partition coefficient (Wildman–Crippen LogP) is 4.41. The summed E-state index contributed by atoms with van der Waals surface area (Å²) >= 11 is 5.99. The van der Waals surface area contributed by atoms with Crippen molar-refractivity contribution in [1.29, 1.82) is 0 Å². The summed E-state index contributed by atoms with van der Waals surface area (Å²) in [6.07, 6.45) is 4.89. The molecule has 0 saturated carbocycles. The van der Waals surface area contributed by atoms with Gasteiger partial charge in [-0.2, -0.15) is 5.10 Å². The lowest BCUT2D eigenvalue weighted by Crippen LogP contribution is -2.35. The van der Waals surface area contributed by atoms with E-state index < -0.39 is 0 Å². The standard InChI is InChI=1S/C19H18ClN3O2/c20-14-6-8-15(9-7-14)23-17(18-5-4-12-25-18)13-16(21-23)19(24)22-10-2-1-3-11-22/h4-9,12-13H,1-3,10-11H2. The van der Waals surface area contributed by atoms with E-state index in [1.54, 1.807) is 29.1 Å². The third-order valence-corrected chi connectivity index (χ3v) is 4.67. The molecule has 2 aromatic heterocycles. The van der Waals surface area contributed by atoms with Crippen LogP contribution in [0.25, 0.3) is 17.1 Å². The number of piperidine rings is 1. The van der Waals surface area contributed by atoms with E-state index in [1.807, 2.05) is 29.2 Å². The molecule has 0 unspecified atom stereocenters. The Morgan fingerprint density at radius 3 is 2.52 bits per heavy atom. The fourth-order valence-corrected chi connectivity index (χ4v) is 3.25. The first kappa shape index (κ1) is 16.0. The molecule has 0 N–H and O–H groups in total. The number of halogens is 1. The average Bonchev–Trinajstić information content (AvgIpc) is 3.32. The summed E-state index contributed by atoms with van der Waals surface area (Å²) in [4.78, 5) is 14.7. The van der Waals surface area contributed by atoms with Crippen LogP contribution in [-0.2, 0) is 0 Å². The maximum Gasteiger partial charge on any atom is 0.274 e. The van der Waals surface area contributed by atoms with Crippen LogP contribution in [0.4, 0.5) is 0 Å². The van der Waals surface area contributed by atoms with Crippen molar-refractivity contribution in [1.82, 2.24) is 14.7 Å². The highest BCUT2D eigenvalue weighted by atomic mass is 35.5. The zero-order valence-corrected chi connectivity index (χ0v) is 14.4. The zero-order valence-electron chi connectivity index (χ0n) is 13.7. The third-order valence-electron chi connectivity index (χ3n) is 4.42. The van der Waals surface area contributed by atoms with Gasteiger partial charge in [-0.05, 0) is 55.7 Å². The van der Waals surface area contributed by atoms with Crippen LogP contribution in [0.1, 0.15) is 29.8 Å². The molecule has 1 fully saturated rings. The lowest BCUT2D eigenvalue weighted by atomic mass is 10.1. The van der Waals surface area contributed by atoms with Gasteiger partial charge in [0.05, 0.1) is 12.0 Å². The van der Waals surface area contributed by atoms with Gasteiger partial charge in [-0.1, -0.05) is 11.6 Å². The molecule has 0 spiro atoms. The van der Waals surface area contributed by atoms with Crippen LogP contribution in [0.15, 0.2) is 53.1 Å². The van der Waals surface area contributed by atoms with Gasteiger partial charge in [0.15, 0.2) is 11.5 Å². The molecular formula is C19H18ClN3O2. The molecule has 3 aromatic rings. The number of carbonyl (C=O) groups is 1. The monoisotopic (exact) mass is 355 g/mol. The fraction of sp³-hybridized carbons (Fsp3) is 0.263. The summed E-state index contributed by atoms with van der Waals surface area (Å²) in [6, 6.07) is 12.8. The van der Waals surface area contributed by atoms with Crippen molar-refractivity contribution in [2.24, 2.45) is 0 Å². The Morgan fingerprint density at radius 2 is 1.84 bits per heavy atom. The molecule has 0 bridgehead atoms. The molecule has 0 aliphatic carbocycles. The minimum Gasteiger partial charge on any atom is -0.463 e. The van der Waals surface area contributed by atoms with Crippen molar-refractivity contribution < 1.29 is 9.21 Å². The van der Waals surface area contributed by atoms with Crippen molar-refractivity contribution in [3.63, 3.8) is 0 Å². The minimum absolute atomic E-state index is 0.0276. The lowest BCUT2D eigenvalue weighted by Gasteiger charge is -2.25. The first-order chi connectivity index (χ1) is 12.2. The number of rotatable bonds is 3. The van der Waals surface area contributed by atoms with Gasteiger partial charge in [0.2, 0.25) is 0 Å². The van der Waals surface area contributed by atoms with Crippen LogP contribution in [0.5, 0.6) is 0 Å². The molecule has 1 aromatic carbocycles. The summed E-state index contributed by atoms with van der Waals surface area (Å²) in [6.45, 7) is 1.59. The van der Waals surface area contributed by atoms with E-state index in [2.05, 4.69) is 5.10 Å². The summed E-state index contributed by atoms with van der Waals surface area (Å²) < 4.78 is 7.26. The van der Waals surface area contributed by atoms with Gasteiger partial charge in [-0.25, -0.2) is 4.68 Å². The zero-order chi connectivity index (χ0) is 17.2. The fourth-order valence-electron chi connectivity index (χ4n) is 3.12. The lowest BCUT2D eigenvalue weighted by molar-refractivity contribution is 0.0718. The van der Waals surface area contributed by atoms with Gasteiger partial charge in [0, 0.05) is 24.2 Å². The van der Waals surface area contributed by atoms with Gasteiger partial charge in [0.1, 0.15) is 5.69 Å². The summed E-state index contributed by atoms with van der Waals surface area (Å²) in [5, 5.41) is 5.22. The molecule has 1 amide bonds. The number of hydrogen-bond acceptors (Lipinski definition) is 3. The van der Waals surface area contributed by atoms with Gasteiger partial charge in [-0.3, -0.25) is 4.79 Å². The summed E-state index contributed by atoms with van der Waals surface area (Å²) in [5.74, 6) is 0.639. The van der Waals surface area contributed by atoms with E-state index in [9.17, 15) is 4.79 Å². The van der Waals surface area contributed by atoms with Crippen LogP contribution in [-0.4, -0.2) is 33.7 Å². The average molecular weight is 356 g/mol. The van der Waals surface area contributed by atoms with Crippen LogP contribution in [0.3, 0.4) is 0 Å². The number of aromatic nitrogens is 2. The Labute approximate surface area is 150 Å².